The molecule has 0 aliphatic rings. The molecule has 0 bridgehead atoms. The van der Waals surface area contributed by atoms with Crippen LogP contribution in [0.15, 0.2) is 0 Å². The first-order valence-electron chi connectivity index (χ1n) is 3.29. The van der Waals surface area contributed by atoms with Crippen LogP contribution in [0, 0.1) is 0 Å². The molecule has 0 aliphatic carbocycles. The van der Waals surface area contributed by atoms with Crippen molar-refractivity contribution in [2.24, 2.45) is 0 Å². The molecule has 0 fully saturated rings. The molecule has 82 valence electrons. The number of rotatable bonds is 2. The van der Waals surface area contributed by atoms with Gasteiger partial charge in [-0.05, 0) is 26.7 Å². The van der Waals surface area contributed by atoms with Crippen molar-refractivity contribution in [2.75, 3.05) is 32.6 Å². The summed E-state index contributed by atoms with van der Waals surface area (Å²) in [4.78, 5) is 0. The molecule has 0 saturated carbocycles. The van der Waals surface area contributed by atoms with Crippen LogP contribution in [0.3, 0.4) is 0 Å². The second-order valence-corrected chi connectivity index (χ2v) is 11.7. The Bertz CT molecular complexity index is 199. The average Bonchev–Trinajstić information content (AvgIpc) is 1.47. The third-order valence-electron chi connectivity index (χ3n) is 0.681. The van der Waals surface area contributed by atoms with E-state index in [0.717, 1.165) is 0 Å². The molecule has 0 aromatic rings. The summed E-state index contributed by atoms with van der Waals surface area (Å²) in [6.07, 6.45) is 0. The van der Waals surface area contributed by atoms with E-state index in [0.29, 0.717) is 5.90 Å². The molecular formula is C5H14AsF3O2P2. The first-order valence-corrected chi connectivity index (χ1v) is 11.0. The van der Waals surface area contributed by atoms with Crippen molar-refractivity contribution in [2.45, 2.75) is 0 Å². The van der Waals surface area contributed by atoms with Gasteiger partial charge in [0.25, 0.3) is 0 Å². The Labute approximate surface area is 82.8 Å². The summed E-state index contributed by atoms with van der Waals surface area (Å²) in [5.74, 6) is 0.403. The van der Waals surface area contributed by atoms with E-state index in [1.54, 1.807) is 26.7 Å². The zero-order chi connectivity index (χ0) is 11.3. The second kappa shape index (κ2) is 6.32. The fourth-order valence-electron chi connectivity index (χ4n) is 0.820. The Morgan fingerprint density at radius 2 is 1.08 bits per heavy atom. The van der Waals surface area contributed by atoms with Gasteiger partial charge in [-0.25, -0.2) is 0 Å². The van der Waals surface area contributed by atoms with Gasteiger partial charge in [0.15, 0.2) is 0 Å². The molecule has 0 atom stereocenters. The molecule has 0 spiro atoms. The summed E-state index contributed by atoms with van der Waals surface area (Å²) < 4.78 is 51.6. The quantitative estimate of drug-likeness (QED) is 0.580. The van der Waals surface area contributed by atoms with Crippen LogP contribution in [0.2, 0.25) is 0 Å². The van der Waals surface area contributed by atoms with E-state index in [1.807, 2.05) is 0 Å². The van der Waals surface area contributed by atoms with E-state index in [1.165, 1.54) is 0 Å². The van der Waals surface area contributed by atoms with Crippen LogP contribution < -0.4 is 0 Å². The van der Waals surface area contributed by atoms with Gasteiger partial charge in [-0.1, -0.05) is 0 Å². The van der Waals surface area contributed by atoms with Gasteiger partial charge in [-0.2, -0.15) is 0 Å². The molecule has 0 N–H and O–H groups in total. The minimum atomic E-state index is -4.69. The normalized spacial score (nSPS) is 12.3. The minimum absolute atomic E-state index is 0.403. The van der Waals surface area contributed by atoms with Crippen molar-refractivity contribution in [1.82, 2.24) is 0 Å². The third kappa shape index (κ3) is 32.3. The van der Waals surface area contributed by atoms with Crippen molar-refractivity contribution in [3.63, 3.8) is 0 Å². The number of hydrogen-bond acceptors (Lipinski definition) is 2. The summed E-state index contributed by atoms with van der Waals surface area (Å²) in [5.41, 5.74) is 0. The molecule has 0 unspecified atom stereocenters. The Morgan fingerprint density at radius 3 is 1.08 bits per heavy atom. The van der Waals surface area contributed by atoms with Crippen LogP contribution in [-0.2, 0) is 9.13 Å². The number of hydrogen-bond donors (Lipinski definition) is 0. The molecule has 13 heavy (non-hydrogen) atoms. The van der Waals surface area contributed by atoms with Gasteiger partial charge in [0, 0.05) is 0 Å². The van der Waals surface area contributed by atoms with E-state index in [4.69, 9.17) is 0 Å². The van der Waals surface area contributed by atoms with Crippen LogP contribution in [0.5, 0.6) is 0 Å². The van der Waals surface area contributed by atoms with Gasteiger partial charge in [0.2, 0.25) is 0 Å². The zero-order valence-corrected chi connectivity index (χ0v) is 11.7. The van der Waals surface area contributed by atoms with Gasteiger partial charge in [-0.3, -0.25) is 0 Å². The maximum absolute atomic E-state index is 11.1. The van der Waals surface area contributed by atoms with Crippen molar-refractivity contribution in [1.29, 1.82) is 0 Å². The Morgan fingerprint density at radius 1 is 0.923 bits per heavy atom. The predicted octanol–water partition coefficient (Wildman–Crippen LogP) is 3.07. The van der Waals surface area contributed by atoms with Gasteiger partial charge < -0.3 is 9.13 Å². The van der Waals surface area contributed by atoms with Crippen molar-refractivity contribution >= 4 is 30.3 Å². The number of halogens is 3. The fourth-order valence-corrected chi connectivity index (χ4v) is 7.38. The van der Waals surface area contributed by atoms with Crippen LogP contribution in [0.1, 0.15) is 0 Å². The third-order valence-corrected chi connectivity index (χ3v) is 6.13. The molecule has 2 nitrogen and oxygen atoms in total. The molecule has 0 aromatic heterocycles. The van der Waals surface area contributed by atoms with E-state index < -0.39 is 30.3 Å². The monoisotopic (exact) mass is 300 g/mol. The van der Waals surface area contributed by atoms with E-state index in [2.05, 4.69) is 0 Å². The van der Waals surface area contributed by atoms with E-state index >= 15 is 0 Å². The molecule has 0 rings (SSSR count). The van der Waals surface area contributed by atoms with Crippen molar-refractivity contribution in [3.8, 4) is 0 Å². The van der Waals surface area contributed by atoms with Crippen LogP contribution >= 0.6 is 14.3 Å². The van der Waals surface area contributed by atoms with E-state index in [9.17, 15) is 19.5 Å². The van der Waals surface area contributed by atoms with Crippen molar-refractivity contribution in [3.05, 3.63) is 0 Å². The molecule has 8 heteroatoms. The van der Waals surface area contributed by atoms with Gasteiger partial charge in [0.1, 0.15) is 0 Å². The summed E-state index contributed by atoms with van der Waals surface area (Å²) in [7, 11) is -4.10. The average molecular weight is 300 g/mol. The molecule has 0 saturated heterocycles. The molecular weight excluding hydrogens is 286 g/mol. The first kappa shape index (κ1) is 16.2. The summed E-state index contributed by atoms with van der Waals surface area (Å²) in [6, 6.07) is 0. The predicted molar refractivity (Wildman–Crippen MR) is 52.9 cm³/mol. The zero-order valence-electron chi connectivity index (χ0n) is 8.00. The molecule has 0 aromatic carbocycles. The summed E-state index contributed by atoms with van der Waals surface area (Å²) in [6.45, 7) is 6.69. The van der Waals surface area contributed by atoms with Crippen LogP contribution in [0.25, 0.3) is 0 Å². The fraction of sp³-hybridized carbons (Fsp3) is 1.00. The topological polar surface area (TPSA) is 34.1 Å². The Hall–Kier alpha value is 0.808. The van der Waals surface area contributed by atoms with Gasteiger partial charge >= 0.3 is 26.5 Å². The molecule has 0 heterocycles. The first-order chi connectivity index (χ1) is 5.44. The SMILES string of the molecule is CP(C)(=O)CP(C)(C)=O.F[As](F)F. The van der Waals surface area contributed by atoms with Gasteiger partial charge in [-0.15, -0.1) is 0 Å². The van der Waals surface area contributed by atoms with Crippen molar-refractivity contribution < 1.29 is 19.5 Å². The van der Waals surface area contributed by atoms with E-state index in [-0.39, 0.29) is 0 Å². The Balaban J connectivity index is 0. The maximum atomic E-state index is 11.1. The van der Waals surface area contributed by atoms with Gasteiger partial charge in [0.05, 0.1) is 20.2 Å². The Kier molecular flexibility index (Phi) is 7.90. The van der Waals surface area contributed by atoms with Crippen LogP contribution in [0.4, 0.5) is 10.4 Å². The standard InChI is InChI=1S/C5H14O2P2.AsF3/c1-8(2,6)5-9(3,4)7;2-1(3)4/h5H2,1-4H3;. The summed E-state index contributed by atoms with van der Waals surface area (Å²) in [5, 5.41) is 0. The second-order valence-electron chi connectivity index (χ2n) is 3.48. The van der Waals surface area contributed by atoms with Crippen LogP contribution in [-0.4, -0.2) is 48.6 Å². The molecule has 0 aliphatic heterocycles. The molecule has 0 radical (unpaired) electrons. The molecule has 0 amide bonds. The summed E-state index contributed by atoms with van der Waals surface area (Å²) >= 11 is -4.69.